The summed E-state index contributed by atoms with van der Waals surface area (Å²) in [5, 5.41) is 7.52. The van der Waals surface area contributed by atoms with Gasteiger partial charge in [0.25, 0.3) is 5.91 Å². The van der Waals surface area contributed by atoms with Gasteiger partial charge in [0.1, 0.15) is 5.69 Å². The largest absolute Gasteiger partial charge is 0.334 e. The normalized spacial score (nSPS) is 21.2. The number of aromatic nitrogens is 2. The van der Waals surface area contributed by atoms with Crippen molar-refractivity contribution in [3.05, 3.63) is 17.5 Å². The minimum atomic E-state index is 0.0800. The maximum atomic E-state index is 12.2. The molecule has 1 aliphatic heterocycles. The molecule has 16 heavy (non-hydrogen) atoms. The van der Waals surface area contributed by atoms with Gasteiger partial charge < -0.3 is 10.2 Å². The van der Waals surface area contributed by atoms with Gasteiger partial charge in [0.2, 0.25) is 0 Å². The molecule has 0 bridgehead atoms. The average molecular weight is 222 g/mol. The predicted octanol–water partition coefficient (Wildman–Crippen LogP) is 0.162. The molecule has 0 aromatic carbocycles. The highest BCUT2D eigenvalue weighted by Gasteiger charge is 2.23. The SMILES string of the molecule is Cc1cc(C(=O)N2CCN[C@@H](C)C2)n(C)n1. The number of nitrogens with zero attached hydrogens (tertiary/aromatic N) is 3. The van der Waals surface area contributed by atoms with Crippen molar-refractivity contribution in [2.45, 2.75) is 19.9 Å². The standard InChI is InChI=1S/C11H18N4O/c1-8-6-10(14(3)13-8)11(16)15-5-4-12-9(2)7-15/h6,9,12H,4-5,7H2,1-3H3/t9-/m0/s1. The third kappa shape index (κ3) is 2.09. The molecule has 0 saturated carbocycles. The van der Waals surface area contributed by atoms with Crippen LogP contribution in [0.5, 0.6) is 0 Å². The Morgan fingerprint density at radius 3 is 2.94 bits per heavy atom. The minimum absolute atomic E-state index is 0.0800. The highest BCUT2D eigenvalue weighted by molar-refractivity contribution is 5.92. The van der Waals surface area contributed by atoms with E-state index in [0.29, 0.717) is 11.7 Å². The van der Waals surface area contributed by atoms with E-state index < -0.39 is 0 Å². The average Bonchev–Trinajstić information content (AvgIpc) is 2.57. The lowest BCUT2D eigenvalue weighted by Gasteiger charge is -2.31. The van der Waals surface area contributed by atoms with Crippen molar-refractivity contribution < 1.29 is 4.79 Å². The number of nitrogens with one attached hydrogen (secondary N) is 1. The molecule has 1 aromatic rings. The fourth-order valence-electron chi connectivity index (χ4n) is 2.09. The molecule has 1 fully saturated rings. The number of rotatable bonds is 1. The van der Waals surface area contributed by atoms with E-state index in [1.54, 1.807) is 4.68 Å². The van der Waals surface area contributed by atoms with Gasteiger partial charge in [-0.05, 0) is 19.9 Å². The second-order valence-electron chi connectivity index (χ2n) is 4.40. The molecule has 1 aliphatic rings. The van der Waals surface area contributed by atoms with Crippen LogP contribution in [0.3, 0.4) is 0 Å². The summed E-state index contributed by atoms with van der Waals surface area (Å²) in [4.78, 5) is 14.1. The smallest absolute Gasteiger partial charge is 0.272 e. The summed E-state index contributed by atoms with van der Waals surface area (Å²) in [6.07, 6.45) is 0. The fraction of sp³-hybridized carbons (Fsp3) is 0.636. The summed E-state index contributed by atoms with van der Waals surface area (Å²) >= 11 is 0. The summed E-state index contributed by atoms with van der Waals surface area (Å²) in [5.41, 5.74) is 1.56. The zero-order valence-electron chi connectivity index (χ0n) is 10.0. The maximum Gasteiger partial charge on any atom is 0.272 e. The van der Waals surface area contributed by atoms with Gasteiger partial charge in [0.15, 0.2) is 0 Å². The minimum Gasteiger partial charge on any atom is -0.334 e. The number of aryl methyl sites for hydroxylation is 2. The topological polar surface area (TPSA) is 50.2 Å². The molecule has 1 atom stereocenters. The molecule has 0 unspecified atom stereocenters. The molecule has 5 nitrogen and oxygen atoms in total. The molecule has 5 heteroatoms. The molecule has 1 N–H and O–H groups in total. The molecule has 1 aromatic heterocycles. The van der Waals surface area contributed by atoms with Crippen molar-refractivity contribution in [3.63, 3.8) is 0 Å². The molecule has 1 saturated heterocycles. The van der Waals surface area contributed by atoms with Crippen LogP contribution < -0.4 is 5.32 Å². The Kier molecular flexibility index (Phi) is 2.96. The van der Waals surface area contributed by atoms with Crippen LogP contribution in [0.4, 0.5) is 0 Å². The molecular weight excluding hydrogens is 204 g/mol. The van der Waals surface area contributed by atoms with E-state index >= 15 is 0 Å². The van der Waals surface area contributed by atoms with E-state index in [4.69, 9.17) is 0 Å². The lowest BCUT2D eigenvalue weighted by molar-refractivity contribution is 0.0698. The first-order valence-corrected chi connectivity index (χ1v) is 5.61. The van der Waals surface area contributed by atoms with Crippen LogP contribution in [-0.2, 0) is 7.05 Å². The van der Waals surface area contributed by atoms with Gasteiger partial charge in [-0.2, -0.15) is 5.10 Å². The van der Waals surface area contributed by atoms with Crippen molar-refractivity contribution in [3.8, 4) is 0 Å². The second kappa shape index (κ2) is 4.25. The number of piperazine rings is 1. The molecule has 88 valence electrons. The predicted molar refractivity (Wildman–Crippen MR) is 61.3 cm³/mol. The van der Waals surface area contributed by atoms with Gasteiger partial charge >= 0.3 is 0 Å². The monoisotopic (exact) mass is 222 g/mol. The van der Waals surface area contributed by atoms with Crippen LogP contribution in [0, 0.1) is 6.92 Å². The zero-order chi connectivity index (χ0) is 11.7. The Bertz CT molecular complexity index is 399. The van der Waals surface area contributed by atoms with Crippen LogP contribution in [0.1, 0.15) is 23.1 Å². The number of carbonyl (C=O) groups is 1. The Hall–Kier alpha value is -1.36. The van der Waals surface area contributed by atoms with Gasteiger partial charge in [-0.3, -0.25) is 9.48 Å². The van der Waals surface area contributed by atoms with Gasteiger partial charge in [0, 0.05) is 32.7 Å². The molecule has 2 heterocycles. The lowest BCUT2D eigenvalue weighted by Crippen LogP contribution is -2.51. The molecule has 0 radical (unpaired) electrons. The van der Waals surface area contributed by atoms with Crippen molar-refractivity contribution >= 4 is 5.91 Å². The van der Waals surface area contributed by atoms with Crippen molar-refractivity contribution in [1.82, 2.24) is 20.0 Å². The summed E-state index contributed by atoms with van der Waals surface area (Å²) in [7, 11) is 1.81. The summed E-state index contributed by atoms with van der Waals surface area (Å²) in [5.74, 6) is 0.0800. The maximum absolute atomic E-state index is 12.2. The summed E-state index contributed by atoms with van der Waals surface area (Å²) in [6, 6.07) is 2.21. The van der Waals surface area contributed by atoms with Crippen molar-refractivity contribution in [2.75, 3.05) is 19.6 Å². The van der Waals surface area contributed by atoms with Crippen molar-refractivity contribution in [2.24, 2.45) is 7.05 Å². The van der Waals surface area contributed by atoms with Crippen LogP contribution in [-0.4, -0.2) is 46.3 Å². The van der Waals surface area contributed by atoms with Gasteiger partial charge in [-0.1, -0.05) is 0 Å². The van der Waals surface area contributed by atoms with E-state index in [9.17, 15) is 4.79 Å². The van der Waals surface area contributed by atoms with Crippen LogP contribution in [0.2, 0.25) is 0 Å². The van der Waals surface area contributed by atoms with Crippen LogP contribution in [0.25, 0.3) is 0 Å². The molecular formula is C11H18N4O. The third-order valence-corrected chi connectivity index (χ3v) is 2.88. The van der Waals surface area contributed by atoms with Crippen LogP contribution in [0.15, 0.2) is 6.07 Å². The molecule has 0 spiro atoms. The Labute approximate surface area is 95.4 Å². The number of hydrogen-bond acceptors (Lipinski definition) is 3. The van der Waals surface area contributed by atoms with E-state index in [0.717, 1.165) is 25.3 Å². The molecule has 1 amide bonds. The van der Waals surface area contributed by atoms with E-state index in [1.165, 1.54) is 0 Å². The third-order valence-electron chi connectivity index (χ3n) is 2.88. The summed E-state index contributed by atoms with van der Waals surface area (Å²) < 4.78 is 1.66. The Morgan fingerprint density at radius 1 is 1.62 bits per heavy atom. The van der Waals surface area contributed by atoms with E-state index in [-0.39, 0.29) is 5.91 Å². The van der Waals surface area contributed by atoms with E-state index in [2.05, 4.69) is 17.3 Å². The second-order valence-corrected chi connectivity index (χ2v) is 4.40. The lowest BCUT2D eigenvalue weighted by atomic mass is 10.2. The fourth-order valence-corrected chi connectivity index (χ4v) is 2.09. The first-order valence-electron chi connectivity index (χ1n) is 5.61. The van der Waals surface area contributed by atoms with Crippen molar-refractivity contribution in [1.29, 1.82) is 0 Å². The van der Waals surface area contributed by atoms with Crippen LogP contribution >= 0.6 is 0 Å². The summed E-state index contributed by atoms with van der Waals surface area (Å²) in [6.45, 7) is 6.39. The quantitative estimate of drug-likeness (QED) is 0.736. The number of amides is 1. The van der Waals surface area contributed by atoms with E-state index in [1.807, 2.05) is 24.9 Å². The number of hydrogen-bond donors (Lipinski definition) is 1. The zero-order valence-corrected chi connectivity index (χ0v) is 10.0. The van der Waals surface area contributed by atoms with Gasteiger partial charge in [-0.25, -0.2) is 0 Å². The highest BCUT2D eigenvalue weighted by atomic mass is 16.2. The molecule has 0 aliphatic carbocycles. The highest BCUT2D eigenvalue weighted by Crippen LogP contribution is 2.08. The first-order chi connectivity index (χ1) is 7.58. The molecule has 2 rings (SSSR count). The Morgan fingerprint density at radius 2 is 2.38 bits per heavy atom. The number of carbonyl (C=O) groups excluding carboxylic acids is 1. The van der Waals surface area contributed by atoms with Gasteiger partial charge in [0.05, 0.1) is 5.69 Å². The first kappa shape index (κ1) is 11.1. The van der Waals surface area contributed by atoms with Gasteiger partial charge in [-0.15, -0.1) is 0 Å². The Balaban J connectivity index is 2.15.